The summed E-state index contributed by atoms with van der Waals surface area (Å²) in [6.45, 7) is 0. The number of benzene rings is 2. The van der Waals surface area contributed by atoms with Crippen molar-refractivity contribution in [3.63, 3.8) is 0 Å². The van der Waals surface area contributed by atoms with Crippen molar-refractivity contribution in [3.8, 4) is 0 Å². The van der Waals surface area contributed by atoms with E-state index in [1.807, 2.05) is 0 Å². The van der Waals surface area contributed by atoms with E-state index in [0.717, 1.165) is 62.5 Å². The molecule has 8 fully saturated rings. The van der Waals surface area contributed by atoms with Gasteiger partial charge in [-0.25, -0.2) is 8.78 Å². The molecular formula is C36H42F2O6. The van der Waals surface area contributed by atoms with Crippen LogP contribution in [0, 0.1) is 59.0 Å². The fourth-order valence-electron chi connectivity index (χ4n) is 11.7. The Bertz CT molecular complexity index is 1240. The fourth-order valence-corrected chi connectivity index (χ4v) is 11.7. The molecule has 0 radical (unpaired) electrons. The summed E-state index contributed by atoms with van der Waals surface area (Å²) in [5, 5.41) is 39.7. The number of hydrogen-bond donors (Lipinski definition) is 4. The molecule has 2 aromatic rings. The van der Waals surface area contributed by atoms with Crippen LogP contribution < -0.4 is 0 Å². The first-order chi connectivity index (χ1) is 21.0. The van der Waals surface area contributed by atoms with Crippen molar-refractivity contribution in [1.82, 2.24) is 0 Å². The van der Waals surface area contributed by atoms with E-state index in [2.05, 4.69) is 0 Å². The van der Waals surface area contributed by atoms with Crippen molar-refractivity contribution in [3.05, 3.63) is 71.3 Å². The third kappa shape index (κ3) is 4.61. The van der Waals surface area contributed by atoms with Gasteiger partial charge in [0, 0.05) is 10.8 Å². The van der Waals surface area contributed by atoms with Crippen LogP contribution in [0.1, 0.15) is 75.3 Å². The number of aliphatic carboxylic acids is 2. The molecule has 44 heavy (non-hydrogen) atoms. The van der Waals surface area contributed by atoms with Crippen molar-refractivity contribution in [1.29, 1.82) is 0 Å². The average Bonchev–Trinajstić information content (AvgIpc) is 2.96. The molecule has 0 spiro atoms. The molecule has 8 aliphatic rings. The molecule has 0 aliphatic heterocycles. The van der Waals surface area contributed by atoms with Crippen molar-refractivity contribution in [2.24, 2.45) is 47.3 Å². The molecule has 0 unspecified atom stereocenters. The predicted molar refractivity (Wildman–Crippen MR) is 158 cm³/mol. The molecule has 8 saturated carbocycles. The number of aliphatic hydroxyl groups excluding tert-OH is 2. The zero-order chi connectivity index (χ0) is 31.0. The number of rotatable bonds is 6. The standard InChI is InChI=1S/2C18H21FO3/c2*19-15-3-1-12(2-4-15)18(9-16(20)21)13-5-10-6-14(18)8-11(7-13)17(10)22/h2*1-4,10-11,13-14,17,22H,5-9H2,(H,20,21). The van der Waals surface area contributed by atoms with Gasteiger partial charge < -0.3 is 20.4 Å². The summed E-state index contributed by atoms with van der Waals surface area (Å²) in [7, 11) is 0. The van der Waals surface area contributed by atoms with Crippen LogP contribution >= 0.6 is 0 Å². The first-order valence-electron chi connectivity index (χ1n) is 16.3. The summed E-state index contributed by atoms with van der Waals surface area (Å²) >= 11 is 0. The van der Waals surface area contributed by atoms with Crippen LogP contribution in [0.3, 0.4) is 0 Å². The molecule has 0 amide bonds. The molecule has 2 aromatic carbocycles. The summed E-state index contributed by atoms with van der Waals surface area (Å²) in [6, 6.07) is 12.9. The second-order valence-electron chi connectivity index (χ2n) is 14.9. The Hall–Kier alpha value is -2.84. The number of hydrogen-bond acceptors (Lipinski definition) is 4. The topological polar surface area (TPSA) is 115 Å². The molecule has 0 heterocycles. The van der Waals surface area contributed by atoms with Gasteiger partial charge in [-0.1, -0.05) is 24.3 Å². The van der Waals surface area contributed by atoms with Crippen LogP contribution in [0.5, 0.6) is 0 Å². The molecule has 4 N–H and O–H groups in total. The maximum atomic E-state index is 13.3. The average molecular weight is 609 g/mol. The van der Waals surface area contributed by atoms with Crippen molar-refractivity contribution in [2.75, 3.05) is 0 Å². The van der Waals surface area contributed by atoms with Crippen molar-refractivity contribution >= 4 is 11.9 Å². The largest absolute Gasteiger partial charge is 0.481 e. The Morgan fingerprint density at radius 1 is 0.545 bits per heavy atom. The highest BCUT2D eigenvalue weighted by atomic mass is 19.1. The summed E-state index contributed by atoms with van der Waals surface area (Å²) < 4.78 is 26.6. The Kier molecular flexibility index (Phi) is 7.40. The molecule has 6 nitrogen and oxygen atoms in total. The quantitative estimate of drug-likeness (QED) is 0.323. The van der Waals surface area contributed by atoms with Crippen LogP contribution in [0.2, 0.25) is 0 Å². The van der Waals surface area contributed by atoms with Gasteiger partial charge in [0.05, 0.1) is 25.0 Å². The van der Waals surface area contributed by atoms with E-state index >= 15 is 0 Å². The second-order valence-corrected chi connectivity index (χ2v) is 14.9. The van der Waals surface area contributed by atoms with Gasteiger partial charge in [0.15, 0.2) is 0 Å². The van der Waals surface area contributed by atoms with E-state index in [4.69, 9.17) is 0 Å². The summed E-state index contributed by atoms with van der Waals surface area (Å²) in [5.41, 5.74) is 1.18. The molecule has 0 aromatic heterocycles. The number of carbonyl (C=O) groups is 2. The van der Waals surface area contributed by atoms with Crippen LogP contribution in [-0.4, -0.2) is 44.6 Å². The van der Waals surface area contributed by atoms with Crippen LogP contribution in [0.25, 0.3) is 0 Å². The normalized spacial score (nSPS) is 42.5. The highest BCUT2D eigenvalue weighted by molar-refractivity contribution is 5.70. The van der Waals surface area contributed by atoms with Gasteiger partial charge in [0.1, 0.15) is 11.6 Å². The van der Waals surface area contributed by atoms with Gasteiger partial charge >= 0.3 is 11.9 Å². The zero-order valence-corrected chi connectivity index (χ0v) is 24.8. The summed E-state index contributed by atoms with van der Waals surface area (Å²) in [5.74, 6) is 0.334. The minimum atomic E-state index is -0.780. The predicted octanol–water partition coefficient (Wildman–Crippen LogP) is 5.93. The maximum Gasteiger partial charge on any atom is 0.304 e. The van der Waals surface area contributed by atoms with E-state index < -0.39 is 11.9 Å². The second kappa shape index (κ2) is 10.9. The summed E-state index contributed by atoms with van der Waals surface area (Å²) in [4.78, 5) is 23.2. The molecule has 8 heteroatoms. The molecule has 0 saturated heterocycles. The van der Waals surface area contributed by atoms with E-state index in [0.29, 0.717) is 47.3 Å². The van der Waals surface area contributed by atoms with E-state index in [9.17, 15) is 38.8 Å². The van der Waals surface area contributed by atoms with Crippen LogP contribution in [0.15, 0.2) is 48.5 Å². The molecule has 8 aliphatic carbocycles. The lowest BCUT2D eigenvalue weighted by Crippen LogP contribution is -2.60. The third-order valence-corrected chi connectivity index (χ3v) is 13.2. The van der Waals surface area contributed by atoms with Gasteiger partial charge in [-0.15, -0.1) is 0 Å². The van der Waals surface area contributed by atoms with Crippen molar-refractivity contribution in [2.45, 2.75) is 87.2 Å². The minimum Gasteiger partial charge on any atom is -0.481 e. The zero-order valence-electron chi connectivity index (χ0n) is 24.8. The lowest BCUT2D eigenvalue weighted by atomic mass is 9.42. The molecule has 236 valence electrons. The Balaban J connectivity index is 0.000000142. The third-order valence-electron chi connectivity index (χ3n) is 13.2. The maximum absolute atomic E-state index is 13.3. The number of halogens is 2. The van der Waals surface area contributed by atoms with E-state index in [-0.39, 0.29) is 47.5 Å². The molecule has 8 bridgehead atoms. The van der Waals surface area contributed by atoms with Gasteiger partial charge in [-0.2, -0.15) is 0 Å². The fraction of sp³-hybridized carbons (Fsp3) is 0.611. The van der Waals surface area contributed by atoms with Gasteiger partial charge in [0.2, 0.25) is 0 Å². The number of carboxylic acid groups (broad SMARTS) is 2. The molecule has 10 rings (SSSR count). The van der Waals surface area contributed by atoms with Crippen LogP contribution in [0.4, 0.5) is 8.78 Å². The highest BCUT2D eigenvalue weighted by Crippen LogP contribution is 2.65. The van der Waals surface area contributed by atoms with Gasteiger partial charge in [0.25, 0.3) is 0 Å². The van der Waals surface area contributed by atoms with Gasteiger partial charge in [-0.05, 0) is 134 Å². The summed E-state index contributed by atoms with van der Waals surface area (Å²) in [6.07, 6.45) is 7.03. The lowest BCUT2D eigenvalue weighted by molar-refractivity contribution is -0.157. The Morgan fingerprint density at radius 2 is 0.795 bits per heavy atom. The number of aliphatic hydroxyl groups is 2. The smallest absolute Gasteiger partial charge is 0.304 e. The molecule has 0 atom stereocenters. The Labute approximate surface area is 256 Å². The molecular weight excluding hydrogens is 566 g/mol. The van der Waals surface area contributed by atoms with Crippen LogP contribution in [-0.2, 0) is 20.4 Å². The van der Waals surface area contributed by atoms with Gasteiger partial charge in [-0.3, -0.25) is 9.59 Å². The lowest BCUT2D eigenvalue weighted by Gasteiger charge is -2.62. The van der Waals surface area contributed by atoms with E-state index in [1.54, 1.807) is 24.3 Å². The monoisotopic (exact) mass is 608 g/mol. The Morgan fingerprint density at radius 3 is 1.02 bits per heavy atom. The minimum absolute atomic E-state index is 0.115. The highest BCUT2D eigenvalue weighted by Gasteiger charge is 2.62. The van der Waals surface area contributed by atoms with E-state index in [1.165, 1.54) is 24.3 Å². The SMILES string of the molecule is O=C(O)CC1(c2ccc(F)cc2)C2CC3CC1CC(C2)C3O.O=C(O)CC1(c2ccc(F)cc2)C2CC3CC1CC(C2)C3O. The first kappa shape index (κ1) is 29.8. The van der Waals surface area contributed by atoms with Crippen molar-refractivity contribution < 1.29 is 38.8 Å². The number of carboxylic acids is 2. The first-order valence-corrected chi connectivity index (χ1v) is 16.3.